The molecule has 1 amide bonds. The van der Waals surface area contributed by atoms with Gasteiger partial charge in [-0.15, -0.1) is 0 Å². The Morgan fingerprint density at radius 2 is 2.16 bits per heavy atom. The zero-order valence-corrected chi connectivity index (χ0v) is 12.7. The number of carbonyl (C=O) groups excluding carboxylic acids is 1. The van der Waals surface area contributed by atoms with E-state index in [4.69, 9.17) is 5.73 Å². The van der Waals surface area contributed by atoms with E-state index >= 15 is 0 Å². The fraction of sp³-hybridized carbons (Fsp3) is 0.500. The predicted molar refractivity (Wildman–Crippen MR) is 81.1 cm³/mol. The smallest absolute Gasteiger partial charge is 0.251 e. The zero-order valence-electron chi connectivity index (χ0n) is 11.2. The number of amides is 1. The molecule has 19 heavy (non-hydrogen) atoms. The van der Waals surface area contributed by atoms with Gasteiger partial charge in [-0.1, -0.05) is 0 Å². The molecule has 1 aromatic rings. The van der Waals surface area contributed by atoms with Crippen LogP contribution in [-0.4, -0.2) is 37.5 Å². The molecule has 1 aromatic carbocycles. The SMILES string of the molecule is CN1CCC(CNC(=O)c2ccc(Br)c(N)c2)CC1. The van der Waals surface area contributed by atoms with E-state index < -0.39 is 0 Å². The Kier molecular flexibility index (Phi) is 4.82. The molecule has 0 aromatic heterocycles. The molecular formula is C14H20BrN3O. The number of hydrogen-bond donors (Lipinski definition) is 2. The summed E-state index contributed by atoms with van der Waals surface area (Å²) in [5.74, 6) is 0.547. The first-order chi connectivity index (χ1) is 9.06. The summed E-state index contributed by atoms with van der Waals surface area (Å²) >= 11 is 3.32. The molecule has 3 N–H and O–H groups in total. The van der Waals surface area contributed by atoms with Gasteiger partial charge in [-0.2, -0.15) is 0 Å². The maximum Gasteiger partial charge on any atom is 0.251 e. The van der Waals surface area contributed by atoms with E-state index in [1.54, 1.807) is 18.2 Å². The highest BCUT2D eigenvalue weighted by molar-refractivity contribution is 9.10. The van der Waals surface area contributed by atoms with E-state index in [1.165, 1.54) is 0 Å². The number of anilines is 1. The highest BCUT2D eigenvalue weighted by atomic mass is 79.9. The van der Waals surface area contributed by atoms with Gasteiger partial charge in [0.15, 0.2) is 0 Å². The molecule has 5 heteroatoms. The van der Waals surface area contributed by atoms with Crippen molar-refractivity contribution < 1.29 is 4.79 Å². The maximum absolute atomic E-state index is 12.0. The lowest BCUT2D eigenvalue weighted by Gasteiger charge is -2.28. The molecule has 1 saturated heterocycles. The van der Waals surface area contributed by atoms with Crippen molar-refractivity contribution in [1.82, 2.24) is 10.2 Å². The Balaban J connectivity index is 1.85. The van der Waals surface area contributed by atoms with Crippen molar-refractivity contribution in [1.29, 1.82) is 0 Å². The van der Waals surface area contributed by atoms with Crippen molar-refractivity contribution in [2.45, 2.75) is 12.8 Å². The van der Waals surface area contributed by atoms with E-state index in [0.29, 0.717) is 17.2 Å². The topological polar surface area (TPSA) is 58.4 Å². The Morgan fingerprint density at radius 1 is 1.47 bits per heavy atom. The van der Waals surface area contributed by atoms with E-state index in [1.807, 2.05) is 0 Å². The standard InChI is InChI=1S/C14H20BrN3O/c1-18-6-4-10(5-7-18)9-17-14(19)11-2-3-12(15)13(16)8-11/h2-3,8,10H,4-7,9,16H2,1H3,(H,17,19). The highest BCUT2D eigenvalue weighted by Crippen LogP contribution is 2.20. The average molecular weight is 326 g/mol. The van der Waals surface area contributed by atoms with E-state index in [9.17, 15) is 4.79 Å². The minimum absolute atomic E-state index is 0.0434. The summed E-state index contributed by atoms with van der Waals surface area (Å²) in [7, 11) is 2.14. The van der Waals surface area contributed by atoms with Crippen LogP contribution in [0, 0.1) is 5.92 Å². The lowest BCUT2D eigenvalue weighted by atomic mass is 9.97. The minimum atomic E-state index is -0.0434. The number of nitrogens with one attached hydrogen (secondary N) is 1. The molecule has 0 unspecified atom stereocenters. The lowest BCUT2D eigenvalue weighted by Crippen LogP contribution is -2.36. The first kappa shape index (κ1) is 14.3. The van der Waals surface area contributed by atoms with Crippen molar-refractivity contribution >= 4 is 27.5 Å². The molecular weight excluding hydrogens is 306 g/mol. The van der Waals surface area contributed by atoms with Gasteiger partial charge >= 0.3 is 0 Å². The van der Waals surface area contributed by atoms with Crippen LogP contribution in [0.4, 0.5) is 5.69 Å². The quantitative estimate of drug-likeness (QED) is 0.837. The fourth-order valence-electron chi connectivity index (χ4n) is 2.29. The first-order valence-corrected chi connectivity index (χ1v) is 7.37. The molecule has 0 radical (unpaired) electrons. The highest BCUT2D eigenvalue weighted by Gasteiger charge is 2.17. The van der Waals surface area contributed by atoms with Crippen LogP contribution in [0.2, 0.25) is 0 Å². The number of rotatable bonds is 3. The molecule has 1 fully saturated rings. The van der Waals surface area contributed by atoms with E-state index in [2.05, 4.69) is 33.2 Å². The zero-order chi connectivity index (χ0) is 13.8. The van der Waals surface area contributed by atoms with Gasteiger partial charge in [-0.3, -0.25) is 4.79 Å². The van der Waals surface area contributed by atoms with Crippen molar-refractivity contribution in [3.05, 3.63) is 28.2 Å². The van der Waals surface area contributed by atoms with Gasteiger partial charge in [0.1, 0.15) is 0 Å². The normalized spacial score (nSPS) is 17.4. The molecule has 1 aliphatic rings. The molecule has 0 saturated carbocycles. The Bertz CT molecular complexity index is 456. The number of nitrogens with two attached hydrogens (primary N) is 1. The van der Waals surface area contributed by atoms with Crippen LogP contribution >= 0.6 is 15.9 Å². The lowest BCUT2D eigenvalue weighted by molar-refractivity contribution is 0.0939. The largest absolute Gasteiger partial charge is 0.398 e. The molecule has 104 valence electrons. The molecule has 0 bridgehead atoms. The molecule has 4 nitrogen and oxygen atoms in total. The third kappa shape index (κ3) is 3.94. The number of benzene rings is 1. The van der Waals surface area contributed by atoms with Gasteiger partial charge in [0.25, 0.3) is 5.91 Å². The molecule has 0 aliphatic carbocycles. The van der Waals surface area contributed by atoms with Crippen LogP contribution in [0.3, 0.4) is 0 Å². The number of halogens is 1. The molecule has 2 rings (SSSR count). The second-order valence-electron chi connectivity index (χ2n) is 5.19. The average Bonchev–Trinajstić information content (AvgIpc) is 2.41. The van der Waals surface area contributed by atoms with Crippen molar-refractivity contribution in [3.8, 4) is 0 Å². The van der Waals surface area contributed by atoms with E-state index in [0.717, 1.165) is 36.9 Å². The molecule has 0 spiro atoms. The Hall–Kier alpha value is -1.07. The summed E-state index contributed by atoms with van der Waals surface area (Å²) in [5, 5.41) is 3.00. The van der Waals surface area contributed by atoms with Crippen molar-refractivity contribution in [2.24, 2.45) is 5.92 Å². The molecule has 1 aliphatic heterocycles. The van der Waals surface area contributed by atoms with Gasteiger partial charge in [0, 0.05) is 22.3 Å². The third-order valence-electron chi connectivity index (χ3n) is 3.65. The van der Waals surface area contributed by atoms with Crippen LogP contribution in [0.1, 0.15) is 23.2 Å². The van der Waals surface area contributed by atoms with Crippen LogP contribution in [0.15, 0.2) is 22.7 Å². The Morgan fingerprint density at radius 3 is 2.79 bits per heavy atom. The van der Waals surface area contributed by atoms with Crippen molar-refractivity contribution in [2.75, 3.05) is 32.4 Å². The van der Waals surface area contributed by atoms with Crippen molar-refractivity contribution in [3.63, 3.8) is 0 Å². The molecule has 0 atom stereocenters. The Labute approximate surface area is 122 Å². The van der Waals surface area contributed by atoms with E-state index in [-0.39, 0.29) is 5.91 Å². The number of hydrogen-bond acceptors (Lipinski definition) is 3. The number of piperidine rings is 1. The molecule has 1 heterocycles. The van der Waals surface area contributed by atoms with Gasteiger partial charge in [-0.05, 0) is 73.0 Å². The maximum atomic E-state index is 12.0. The predicted octanol–water partition coefficient (Wildman–Crippen LogP) is 2.10. The first-order valence-electron chi connectivity index (χ1n) is 6.58. The van der Waals surface area contributed by atoms with Crippen LogP contribution < -0.4 is 11.1 Å². The summed E-state index contributed by atoms with van der Waals surface area (Å²) in [6, 6.07) is 5.29. The number of nitrogen functional groups attached to an aromatic ring is 1. The van der Waals surface area contributed by atoms with Crippen LogP contribution in [0.5, 0.6) is 0 Å². The second-order valence-corrected chi connectivity index (χ2v) is 6.05. The third-order valence-corrected chi connectivity index (χ3v) is 4.37. The summed E-state index contributed by atoms with van der Waals surface area (Å²) < 4.78 is 0.819. The number of carbonyl (C=O) groups is 1. The summed E-state index contributed by atoms with van der Waals surface area (Å²) in [5.41, 5.74) is 6.99. The van der Waals surface area contributed by atoms with Gasteiger partial charge in [0.05, 0.1) is 0 Å². The second kappa shape index (κ2) is 6.39. The summed E-state index contributed by atoms with van der Waals surface area (Å²) in [6.07, 6.45) is 2.30. The number of likely N-dealkylation sites (tertiary alicyclic amines) is 1. The monoisotopic (exact) mass is 325 g/mol. The van der Waals surface area contributed by atoms with Gasteiger partial charge < -0.3 is 16.0 Å². The fourth-order valence-corrected chi connectivity index (χ4v) is 2.54. The van der Waals surface area contributed by atoms with Crippen LogP contribution in [-0.2, 0) is 0 Å². The number of nitrogens with zero attached hydrogens (tertiary/aromatic N) is 1. The van der Waals surface area contributed by atoms with Crippen LogP contribution in [0.25, 0.3) is 0 Å². The summed E-state index contributed by atoms with van der Waals surface area (Å²) in [6.45, 7) is 2.99. The summed E-state index contributed by atoms with van der Waals surface area (Å²) in [4.78, 5) is 14.3. The minimum Gasteiger partial charge on any atom is -0.398 e. The van der Waals surface area contributed by atoms with Gasteiger partial charge in [-0.25, -0.2) is 0 Å². The van der Waals surface area contributed by atoms with Gasteiger partial charge in [0.2, 0.25) is 0 Å².